The van der Waals surface area contributed by atoms with E-state index in [0.717, 1.165) is 11.8 Å². The van der Waals surface area contributed by atoms with Gasteiger partial charge in [-0.25, -0.2) is 0 Å². The first-order chi connectivity index (χ1) is 4.83. The van der Waals surface area contributed by atoms with Crippen LogP contribution in [0.3, 0.4) is 0 Å². The Kier molecular flexibility index (Phi) is 5.51. The second-order valence-corrected chi connectivity index (χ2v) is 3.10. The number of hydrogen-bond donors (Lipinski definition) is 0. The predicted octanol–water partition coefficient (Wildman–Crippen LogP) is 2.75. The largest absolute Gasteiger partial charge is 0.264 e. The van der Waals surface area contributed by atoms with Crippen LogP contribution in [0.4, 0.5) is 0 Å². The summed E-state index contributed by atoms with van der Waals surface area (Å²) in [5, 5.41) is 1.01. The molecule has 3 heteroatoms. The maximum absolute atomic E-state index is 4.08. The Morgan fingerprint density at radius 2 is 2.18 bits per heavy atom. The molecule has 0 bridgehead atoms. The summed E-state index contributed by atoms with van der Waals surface area (Å²) in [5.41, 5.74) is 2.54. The molecular formula is C8H11BrClN. The maximum atomic E-state index is 4.08. The molecule has 0 amide bonds. The van der Waals surface area contributed by atoms with E-state index in [9.17, 15) is 0 Å². The van der Waals surface area contributed by atoms with E-state index in [2.05, 4.69) is 33.9 Å². The van der Waals surface area contributed by atoms with Gasteiger partial charge in [-0.15, -0.1) is 12.4 Å². The standard InChI is InChI=1S/C8H10BrN.ClH/c1-7-4-8(2-3-9)6-10-5-7;/h4-6H,2-3H2,1H3;1H. The lowest BCUT2D eigenvalue weighted by atomic mass is 10.2. The quantitative estimate of drug-likeness (QED) is 0.720. The molecule has 11 heavy (non-hydrogen) atoms. The average molecular weight is 237 g/mol. The summed E-state index contributed by atoms with van der Waals surface area (Å²) < 4.78 is 0. The van der Waals surface area contributed by atoms with Gasteiger partial charge in [-0.05, 0) is 24.5 Å². The number of aryl methyl sites for hydroxylation is 2. The average Bonchev–Trinajstić information content (AvgIpc) is 1.88. The topological polar surface area (TPSA) is 12.9 Å². The molecule has 1 heterocycles. The van der Waals surface area contributed by atoms with Crippen LogP contribution in [0, 0.1) is 6.92 Å². The molecule has 1 aromatic heterocycles. The summed E-state index contributed by atoms with van der Waals surface area (Å²) in [6.45, 7) is 2.06. The lowest BCUT2D eigenvalue weighted by Crippen LogP contribution is -1.87. The third-order valence-corrected chi connectivity index (χ3v) is 1.71. The molecule has 0 atom stereocenters. The number of pyridine rings is 1. The van der Waals surface area contributed by atoms with E-state index in [1.807, 2.05) is 12.4 Å². The van der Waals surface area contributed by atoms with E-state index in [-0.39, 0.29) is 12.4 Å². The van der Waals surface area contributed by atoms with Gasteiger partial charge in [0.1, 0.15) is 0 Å². The van der Waals surface area contributed by atoms with Crippen molar-refractivity contribution in [2.45, 2.75) is 13.3 Å². The third kappa shape index (κ3) is 3.73. The first kappa shape index (κ1) is 10.9. The molecule has 0 aromatic carbocycles. The molecule has 1 aromatic rings. The molecule has 0 aliphatic carbocycles. The molecule has 0 spiro atoms. The van der Waals surface area contributed by atoms with Crippen molar-refractivity contribution in [1.82, 2.24) is 4.98 Å². The molecule has 1 nitrogen and oxygen atoms in total. The van der Waals surface area contributed by atoms with Crippen molar-refractivity contribution in [3.8, 4) is 0 Å². The highest BCUT2D eigenvalue weighted by Crippen LogP contribution is 2.02. The van der Waals surface area contributed by atoms with Crippen LogP contribution in [0.1, 0.15) is 11.1 Å². The van der Waals surface area contributed by atoms with Crippen LogP contribution in [-0.4, -0.2) is 10.3 Å². The summed E-state index contributed by atoms with van der Waals surface area (Å²) in [6, 6.07) is 2.16. The van der Waals surface area contributed by atoms with Gasteiger partial charge in [-0.3, -0.25) is 4.98 Å². The summed E-state index contributed by atoms with van der Waals surface area (Å²) in [7, 11) is 0. The van der Waals surface area contributed by atoms with E-state index in [4.69, 9.17) is 0 Å². The van der Waals surface area contributed by atoms with E-state index in [0.29, 0.717) is 0 Å². The number of hydrogen-bond acceptors (Lipinski definition) is 1. The first-order valence-electron chi connectivity index (χ1n) is 3.29. The van der Waals surface area contributed by atoms with Crippen LogP contribution in [0.5, 0.6) is 0 Å². The van der Waals surface area contributed by atoms with Crippen LogP contribution in [0.2, 0.25) is 0 Å². The van der Waals surface area contributed by atoms with E-state index in [1.165, 1.54) is 11.1 Å². The van der Waals surface area contributed by atoms with Gasteiger partial charge in [0.2, 0.25) is 0 Å². The summed E-state index contributed by atoms with van der Waals surface area (Å²) in [5.74, 6) is 0. The van der Waals surface area contributed by atoms with Crippen molar-refractivity contribution in [3.05, 3.63) is 29.6 Å². The summed E-state index contributed by atoms with van der Waals surface area (Å²) >= 11 is 3.38. The Balaban J connectivity index is 0.000001000. The highest BCUT2D eigenvalue weighted by atomic mass is 79.9. The molecule has 0 saturated heterocycles. The Bertz CT molecular complexity index is 215. The van der Waals surface area contributed by atoms with E-state index < -0.39 is 0 Å². The van der Waals surface area contributed by atoms with Crippen molar-refractivity contribution in [2.75, 3.05) is 5.33 Å². The second-order valence-electron chi connectivity index (χ2n) is 2.31. The van der Waals surface area contributed by atoms with Crippen molar-refractivity contribution in [1.29, 1.82) is 0 Å². The van der Waals surface area contributed by atoms with E-state index in [1.54, 1.807) is 0 Å². The molecule has 0 aliphatic rings. The molecule has 1 rings (SSSR count). The van der Waals surface area contributed by atoms with Crippen molar-refractivity contribution in [3.63, 3.8) is 0 Å². The number of halogens is 2. The highest BCUT2D eigenvalue weighted by Gasteiger charge is 1.90. The minimum absolute atomic E-state index is 0. The first-order valence-corrected chi connectivity index (χ1v) is 4.41. The van der Waals surface area contributed by atoms with Crippen LogP contribution in [0.15, 0.2) is 18.5 Å². The highest BCUT2D eigenvalue weighted by molar-refractivity contribution is 9.09. The number of alkyl halides is 1. The SMILES string of the molecule is Cc1cncc(CCBr)c1.Cl. The number of aromatic nitrogens is 1. The molecule has 0 aliphatic heterocycles. The zero-order valence-corrected chi connectivity index (χ0v) is 8.78. The van der Waals surface area contributed by atoms with Gasteiger partial charge < -0.3 is 0 Å². The van der Waals surface area contributed by atoms with Crippen molar-refractivity contribution in [2.24, 2.45) is 0 Å². The van der Waals surface area contributed by atoms with Gasteiger partial charge in [0, 0.05) is 17.7 Å². The Labute approximate surface area is 81.8 Å². The molecule has 0 N–H and O–H groups in total. The zero-order chi connectivity index (χ0) is 7.40. The van der Waals surface area contributed by atoms with Gasteiger partial charge in [0.15, 0.2) is 0 Å². The molecular weight excluding hydrogens is 225 g/mol. The van der Waals surface area contributed by atoms with Crippen LogP contribution >= 0.6 is 28.3 Å². The summed E-state index contributed by atoms with van der Waals surface area (Å²) in [6.07, 6.45) is 4.85. The Morgan fingerprint density at radius 1 is 1.45 bits per heavy atom. The second kappa shape index (κ2) is 5.56. The van der Waals surface area contributed by atoms with Gasteiger partial charge in [0.25, 0.3) is 0 Å². The molecule has 0 fully saturated rings. The van der Waals surface area contributed by atoms with Crippen LogP contribution in [0.25, 0.3) is 0 Å². The normalized spacial score (nSPS) is 8.91. The minimum atomic E-state index is 0. The fraction of sp³-hybridized carbons (Fsp3) is 0.375. The number of rotatable bonds is 2. The number of nitrogens with zero attached hydrogens (tertiary/aromatic N) is 1. The fourth-order valence-electron chi connectivity index (χ4n) is 0.863. The zero-order valence-electron chi connectivity index (χ0n) is 6.38. The predicted molar refractivity (Wildman–Crippen MR) is 53.7 cm³/mol. The molecule has 62 valence electrons. The third-order valence-electron chi connectivity index (χ3n) is 1.31. The lowest BCUT2D eigenvalue weighted by Gasteiger charge is -1.96. The summed E-state index contributed by atoms with van der Waals surface area (Å²) in [4.78, 5) is 4.08. The van der Waals surface area contributed by atoms with E-state index >= 15 is 0 Å². The fourth-order valence-corrected chi connectivity index (χ4v) is 1.32. The molecule has 0 saturated carbocycles. The molecule has 0 unspecified atom stereocenters. The van der Waals surface area contributed by atoms with Crippen molar-refractivity contribution < 1.29 is 0 Å². The minimum Gasteiger partial charge on any atom is -0.264 e. The maximum Gasteiger partial charge on any atom is 0.0300 e. The van der Waals surface area contributed by atoms with Gasteiger partial charge in [-0.2, -0.15) is 0 Å². The Hall–Kier alpha value is -0.0800. The van der Waals surface area contributed by atoms with Crippen LogP contribution < -0.4 is 0 Å². The lowest BCUT2D eigenvalue weighted by molar-refractivity contribution is 1.11. The van der Waals surface area contributed by atoms with Gasteiger partial charge in [0.05, 0.1) is 0 Å². The van der Waals surface area contributed by atoms with Crippen LogP contribution in [-0.2, 0) is 6.42 Å². The Morgan fingerprint density at radius 3 is 2.73 bits per heavy atom. The smallest absolute Gasteiger partial charge is 0.0300 e. The molecule has 0 radical (unpaired) electrons. The van der Waals surface area contributed by atoms with Gasteiger partial charge >= 0.3 is 0 Å². The van der Waals surface area contributed by atoms with Crippen molar-refractivity contribution >= 4 is 28.3 Å². The van der Waals surface area contributed by atoms with Gasteiger partial charge in [-0.1, -0.05) is 22.0 Å². The monoisotopic (exact) mass is 235 g/mol.